The molecule has 0 fully saturated rings. The van der Waals surface area contributed by atoms with E-state index in [1.54, 1.807) is 36.1 Å². The van der Waals surface area contributed by atoms with E-state index in [-0.39, 0.29) is 5.52 Å². The fraction of sp³-hybridized carbons (Fsp3) is 0.409. The number of hydrogen-bond donors (Lipinski definition) is 0. The Morgan fingerprint density at radius 3 is 2.34 bits per heavy atom. The summed E-state index contributed by atoms with van der Waals surface area (Å²) in [7, 11) is 3.08. The molecule has 1 aromatic heterocycles. The molecular weight excluding hydrogens is 381 g/mol. The normalized spacial score (nSPS) is 12.0. The van der Waals surface area contributed by atoms with Crippen LogP contribution >= 0.6 is 0 Å². The van der Waals surface area contributed by atoms with Crippen molar-refractivity contribution in [3.8, 4) is 22.8 Å². The summed E-state index contributed by atoms with van der Waals surface area (Å²) in [4.78, 5) is 0. The molecule has 3 aromatic rings. The van der Waals surface area contributed by atoms with Crippen molar-refractivity contribution < 1.29 is 22.6 Å². The molecule has 0 unspecified atom stereocenters. The average molecular weight is 406 g/mol. The van der Waals surface area contributed by atoms with Crippen LogP contribution < -0.4 is 9.47 Å². The lowest BCUT2D eigenvalue weighted by Crippen LogP contribution is -2.12. The van der Waals surface area contributed by atoms with Gasteiger partial charge in [0.15, 0.2) is 0 Å². The van der Waals surface area contributed by atoms with Gasteiger partial charge in [0.1, 0.15) is 17.0 Å². The van der Waals surface area contributed by atoms with E-state index in [4.69, 9.17) is 9.47 Å². The van der Waals surface area contributed by atoms with Gasteiger partial charge in [-0.1, -0.05) is 38.8 Å². The largest absolute Gasteiger partial charge is 0.497 e. The van der Waals surface area contributed by atoms with Crippen LogP contribution in [0.1, 0.15) is 32.3 Å². The molecule has 4 nitrogen and oxygen atoms in total. The van der Waals surface area contributed by atoms with Crippen molar-refractivity contribution in [2.75, 3.05) is 14.2 Å². The third-order valence-corrected chi connectivity index (χ3v) is 5.33. The third kappa shape index (κ3) is 4.04. The SMILES string of the molecule is CCC(CC)Cn1nc2c(C(F)(F)F)cccc2c1-c1ccc(OC)cc1OC. The maximum atomic E-state index is 13.6. The summed E-state index contributed by atoms with van der Waals surface area (Å²) < 4.78 is 53.3. The molecule has 1 heterocycles. The fourth-order valence-electron chi connectivity index (χ4n) is 3.58. The van der Waals surface area contributed by atoms with Gasteiger partial charge >= 0.3 is 6.18 Å². The Morgan fingerprint density at radius 1 is 1.03 bits per heavy atom. The second-order valence-electron chi connectivity index (χ2n) is 6.98. The Bertz CT molecular complexity index is 992. The summed E-state index contributed by atoms with van der Waals surface area (Å²) in [6, 6.07) is 9.48. The number of halogens is 3. The predicted octanol–water partition coefficient (Wildman–Crippen LogP) is 6.18. The zero-order valence-corrected chi connectivity index (χ0v) is 17.0. The van der Waals surface area contributed by atoms with Crippen molar-refractivity contribution in [2.24, 2.45) is 5.92 Å². The van der Waals surface area contributed by atoms with Gasteiger partial charge in [-0.25, -0.2) is 0 Å². The Hall–Kier alpha value is -2.70. The number of hydrogen-bond acceptors (Lipinski definition) is 3. The van der Waals surface area contributed by atoms with E-state index in [1.807, 2.05) is 0 Å². The highest BCUT2D eigenvalue weighted by Crippen LogP contribution is 2.41. The van der Waals surface area contributed by atoms with Gasteiger partial charge in [-0.15, -0.1) is 0 Å². The minimum Gasteiger partial charge on any atom is -0.497 e. The van der Waals surface area contributed by atoms with Crippen LogP contribution in [0.4, 0.5) is 13.2 Å². The number of ether oxygens (including phenoxy) is 2. The van der Waals surface area contributed by atoms with Crippen molar-refractivity contribution >= 4 is 10.9 Å². The minimum atomic E-state index is -4.48. The van der Waals surface area contributed by atoms with Crippen LogP contribution in [0.25, 0.3) is 22.2 Å². The molecule has 3 rings (SSSR count). The lowest BCUT2D eigenvalue weighted by molar-refractivity contribution is -0.136. The second kappa shape index (κ2) is 8.35. The monoisotopic (exact) mass is 406 g/mol. The molecule has 0 N–H and O–H groups in total. The van der Waals surface area contributed by atoms with Crippen molar-refractivity contribution in [1.82, 2.24) is 9.78 Å². The molecule has 0 radical (unpaired) electrons. The summed E-state index contributed by atoms with van der Waals surface area (Å²) in [5, 5.41) is 4.87. The molecule has 0 aliphatic heterocycles. The van der Waals surface area contributed by atoms with Crippen LogP contribution in [-0.4, -0.2) is 24.0 Å². The molecule has 0 atom stereocenters. The summed E-state index contributed by atoms with van der Waals surface area (Å²) in [6.07, 6.45) is -2.65. The first-order valence-electron chi connectivity index (χ1n) is 9.63. The number of rotatable bonds is 7. The van der Waals surface area contributed by atoms with E-state index >= 15 is 0 Å². The summed E-state index contributed by atoms with van der Waals surface area (Å²) >= 11 is 0. The molecule has 29 heavy (non-hydrogen) atoms. The molecule has 0 aliphatic rings. The van der Waals surface area contributed by atoms with Crippen LogP contribution in [0.2, 0.25) is 0 Å². The maximum absolute atomic E-state index is 13.6. The quantitative estimate of drug-likeness (QED) is 0.470. The molecule has 0 saturated carbocycles. The molecule has 0 amide bonds. The number of aromatic nitrogens is 2. The smallest absolute Gasteiger partial charge is 0.418 e. The van der Waals surface area contributed by atoms with Gasteiger partial charge in [0.05, 0.1) is 25.5 Å². The molecule has 0 spiro atoms. The number of methoxy groups -OCH3 is 2. The van der Waals surface area contributed by atoms with Crippen LogP contribution in [0, 0.1) is 5.92 Å². The Morgan fingerprint density at radius 2 is 1.76 bits per heavy atom. The lowest BCUT2D eigenvalue weighted by atomic mass is 10.0. The van der Waals surface area contributed by atoms with E-state index in [2.05, 4.69) is 18.9 Å². The van der Waals surface area contributed by atoms with Gasteiger partial charge in [-0.2, -0.15) is 18.3 Å². The molecule has 7 heteroatoms. The number of fused-ring (bicyclic) bond motifs is 1. The molecule has 0 bridgehead atoms. The fourth-order valence-corrected chi connectivity index (χ4v) is 3.58. The second-order valence-corrected chi connectivity index (χ2v) is 6.98. The van der Waals surface area contributed by atoms with Crippen LogP contribution in [0.5, 0.6) is 11.5 Å². The van der Waals surface area contributed by atoms with Gasteiger partial charge < -0.3 is 9.47 Å². The summed E-state index contributed by atoms with van der Waals surface area (Å²) in [6.45, 7) is 4.68. The minimum absolute atomic E-state index is 0.0428. The van der Waals surface area contributed by atoms with Crippen LogP contribution in [0.3, 0.4) is 0 Å². The molecule has 156 valence electrons. The summed E-state index contributed by atoms with van der Waals surface area (Å²) in [5.41, 5.74) is 0.532. The average Bonchev–Trinajstić information content (AvgIpc) is 3.08. The summed E-state index contributed by atoms with van der Waals surface area (Å²) in [5.74, 6) is 1.44. The Labute approximate surface area is 168 Å². The first-order valence-corrected chi connectivity index (χ1v) is 9.63. The van der Waals surface area contributed by atoms with Crippen molar-refractivity contribution in [2.45, 2.75) is 39.4 Å². The van der Waals surface area contributed by atoms with E-state index in [0.29, 0.717) is 40.6 Å². The van der Waals surface area contributed by atoms with Gasteiger partial charge in [0.2, 0.25) is 0 Å². The molecule has 0 aliphatic carbocycles. The van der Waals surface area contributed by atoms with Crippen molar-refractivity contribution in [3.63, 3.8) is 0 Å². The number of benzene rings is 2. The molecule has 0 saturated heterocycles. The van der Waals surface area contributed by atoms with Crippen molar-refractivity contribution in [3.05, 3.63) is 42.0 Å². The predicted molar refractivity (Wildman–Crippen MR) is 107 cm³/mol. The van der Waals surface area contributed by atoms with E-state index in [9.17, 15) is 13.2 Å². The number of alkyl halides is 3. The Kier molecular flexibility index (Phi) is 6.05. The topological polar surface area (TPSA) is 36.3 Å². The van der Waals surface area contributed by atoms with Gasteiger partial charge in [0, 0.05) is 23.6 Å². The van der Waals surface area contributed by atoms with Crippen LogP contribution in [-0.2, 0) is 12.7 Å². The van der Waals surface area contributed by atoms with E-state index < -0.39 is 11.7 Å². The highest BCUT2D eigenvalue weighted by Gasteiger charge is 2.35. The zero-order valence-electron chi connectivity index (χ0n) is 17.0. The standard InChI is InChI=1S/C22H25F3N2O2/c1-5-14(6-2)13-27-21(16-11-10-15(28-3)12-19(16)29-4)17-8-7-9-18(20(17)26-27)22(23,24)25/h7-12,14H,5-6,13H2,1-4H3. The highest BCUT2D eigenvalue weighted by atomic mass is 19.4. The molecule has 2 aromatic carbocycles. The highest BCUT2D eigenvalue weighted by molar-refractivity contribution is 5.96. The lowest BCUT2D eigenvalue weighted by Gasteiger charge is -2.17. The van der Waals surface area contributed by atoms with Gasteiger partial charge in [-0.3, -0.25) is 4.68 Å². The zero-order chi connectivity index (χ0) is 21.2. The van der Waals surface area contributed by atoms with Gasteiger partial charge in [-0.05, 0) is 24.1 Å². The number of nitrogens with zero attached hydrogens (tertiary/aromatic N) is 2. The van der Waals surface area contributed by atoms with Gasteiger partial charge in [0.25, 0.3) is 0 Å². The first kappa shape index (κ1) is 21.0. The van der Waals surface area contributed by atoms with E-state index in [1.165, 1.54) is 13.2 Å². The third-order valence-electron chi connectivity index (χ3n) is 5.33. The van der Waals surface area contributed by atoms with E-state index in [0.717, 1.165) is 18.9 Å². The van der Waals surface area contributed by atoms with Crippen LogP contribution in [0.15, 0.2) is 36.4 Å². The Balaban J connectivity index is 2.32. The first-order chi connectivity index (χ1) is 13.8. The molecular formula is C22H25F3N2O2. The maximum Gasteiger partial charge on any atom is 0.418 e. The van der Waals surface area contributed by atoms with Crippen molar-refractivity contribution in [1.29, 1.82) is 0 Å².